The minimum atomic E-state index is 0.592. The molecule has 5 heteroatoms. The summed E-state index contributed by atoms with van der Waals surface area (Å²) in [4.78, 5) is 11.3. The summed E-state index contributed by atoms with van der Waals surface area (Å²) >= 11 is 0. The summed E-state index contributed by atoms with van der Waals surface area (Å²) < 4.78 is 2.27. The summed E-state index contributed by atoms with van der Waals surface area (Å²) in [6.07, 6.45) is 0. The maximum atomic E-state index is 6.07. The Morgan fingerprint density at radius 2 is 1.75 bits per heavy atom. The van der Waals surface area contributed by atoms with Gasteiger partial charge in [0.05, 0.1) is 5.39 Å². The lowest BCUT2D eigenvalue weighted by Gasteiger charge is -2.19. The molecule has 0 radical (unpaired) electrons. The summed E-state index contributed by atoms with van der Waals surface area (Å²) in [5.41, 5.74) is 9.47. The van der Waals surface area contributed by atoms with Gasteiger partial charge in [-0.1, -0.05) is 13.8 Å². The summed E-state index contributed by atoms with van der Waals surface area (Å²) in [6, 6.07) is 0. The molecule has 2 aromatic heterocycles. The molecule has 0 amide bonds. The minimum Gasteiger partial charge on any atom is -0.383 e. The van der Waals surface area contributed by atoms with Gasteiger partial charge in [0, 0.05) is 18.8 Å². The fourth-order valence-electron chi connectivity index (χ4n) is 2.73. The normalized spacial score (nSPS) is 11.7. The second-order valence-corrected chi connectivity index (χ2v) is 5.24. The van der Waals surface area contributed by atoms with Crippen LogP contribution in [0.25, 0.3) is 11.0 Å². The van der Waals surface area contributed by atoms with Crippen LogP contribution >= 0.6 is 0 Å². The number of aromatic nitrogens is 3. The Bertz CT molecular complexity index is 610. The zero-order chi connectivity index (χ0) is 14.9. The molecule has 0 spiro atoms. The maximum Gasteiger partial charge on any atom is 0.146 e. The largest absolute Gasteiger partial charge is 0.383 e. The van der Waals surface area contributed by atoms with Gasteiger partial charge in [-0.25, -0.2) is 9.97 Å². The van der Waals surface area contributed by atoms with Crippen molar-refractivity contribution in [1.82, 2.24) is 19.4 Å². The average molecular weight is 275 g/mol. The number of fused-ring (bicyclic) bond motifs is 1. The van der Waals surface area contributed by atoms with Crippen molar-refractivity contribution in [3.63, 3.8) is 0 Å². The first kappa shape index (κ1) is 14.8. The van der Waals surface area contributed by atoms with E-state index in [-0.39, 0.29) is 0 Å². The van der Waals surface area contributed by atoms with Crippen LogP contribution in [0.2, 0.25) is 0 Å². The molecule has 2 N–H and O–H groups in total. The maximum absolute atomic E-state index is 6.07. The zero-order valence-corrected chi connectivity index (χ0v) is 13.2. The second-order valence-electron chi connectivity index (χ2n) is 5.24. The van der Waals surface area contributed by atoms with Crippen molar-refractivity contribution in [3.8, 4) is 0 Å². The lowest BCUT2D eigenvalue weighted by atomic mass is 10.2. The molecule has 110 valence electrons. The van der Waals surface area contributed by atoms with E-state index in [0.717, 1.165) is 43.0 Å². The van der Waals surface area contributed by atoms with Gasteiger partial charge in [-0.05, 0) is 39.4 Å². The van der Waals surface area contributed by atoms with Gasteiger partial charge in [0.15, 0.2) is 0 Å². The third-order valence-electron chi connectivity index (χ3n) is 4.14. The van der Waals surface area contributed by atoms with Crippen molar-refractivity contribution in [2.45, 2.75) is 41.2 Å². The lowest BCUT2D eigenvalue weighted by Crippen LogP contribution is -2.27. The molecule has 0 aliphatic carbocycles. The number of hydrogen-bond donors (Lipinski definition) is 1. The Balaban J connectivity index is 2.45. The van der Waals surface area contributed by atoms with Crippen LogP contribution in [0.4, 0.5) is 5.82 Å². The number of aryl methyl sites for hydroxylation is 2. The molecular formula is C15H25N5. The first-order valence-electron chi connectivity index (χ1n) is 7.31. The van der Waals surface area contributed by atoms with Crippen LogP contribution in [0.1, 0.15) is 30.9 Å². The van der Waals surface area contributed by atoms with Crippen LogP contribution in [0.5, 0.6) is 0 Å². The SMILES string of the molecule is CCN(CC)CCn1c(C)c(C)c2c(N)nc(C)nc21. The van der Waals surface area contributed by atoms with Gasteiger partial charge in [-0.2, -0.15) is 0 Å². The highest BCUT2D eigenvalue weighted by Gasteiger charge is 2.16. The highest BCUT2D eigenvalue weighted by atomic mass is 15.2. The Kier molecular flexibility index (Phi) is 4.28. The Morgan fingerprint density at radius 3 is 2.35 bits per heavy atom. The second kappa shape index (κ2) is 5.79. The van der Waals surface area contributed by atoms with E-state index in [1.54, 1.807) is 0 Å². The number of hydrogen-bond acceptors (Lipinski definition) is 4. The quantitative estimate of drug-likeness (QED) is 0.909. The monoisotopic (exact) mass is 275 g/mol. The Labute approximate surface area is 120 Å². The summed E-state index contributed by atoms with van der Waals surface area (Å²) in [5.74, 6) is 1.33. The predicted octanol–water partition coefficient (Wildman–Crippen LogP) is 2.28. The molecule has 2 heterocycles. The molecule has 5 nitrogen and oxygen atoms in total. The van der Waals surface area contributed by atoms with Gasteiger partial charge in [0.25, 0.3) is 0 Å². The van der Waals surface area contributed by atoms with Gasteiger partial charge >= 0.3 is 0 Å². The summed E-state index contributed by atoms with van der Waals surface area (Å²) in [6.45, 7) is 14.6. The lowest BCUT2D eigenvalue weighted by molar-refractivity contribution is 0.291. The van der Waals surface area contributed by atoms with E-state index in [2.05, 4.69) is 47.1 Å². The average Bonchev–Trinajstić information content (AvgIpc) is 2.64. The number of nitrogens with zero attached hydrogens (tertiary/aromatic N) is 4. The molecule has 0 fully saturated rings. The molecule has 0 bridgehead atoms. The topological polar surface area (TPSA) is 60.0 Å². The van der Waals surface area contributed by atoms with E-state index in [9.17, 15) is 0 Å². The van der Waals surface area contributed by atoms with Gasteiger partial charge < -0.3 is 15.2 Å². The molecule has 0 unspecified atom stereocenters. The van der Waals surface area contributed by atoms with Crippen LogP contribution < -0.4 is 5.73 Å². The molecule has 20 heavy (non-hydrogen) atoms. The summed E-state index contributed by atoms with van der Waals surface area (Å²) in [5, 5.41) is 1.01. The molecule has 2 rings (SSSR count). The number of rotatable bonds is 5. The number of anilines is 1. The molecule has 0 atom stereocenters. The summed E-state index contributed by atoms with van der Waals surface area (Å²) in [7, 11) is 0. The standard InChI is InChI=1S/C15H25N5/c1-6-19(7-2)8-9-20-11(4)10(3)13-14(16)17-12(5)18-15(13)20/h6-9H2,1-5H3,(H2,16,17,18). The predicted molar refractivity (Wildman–Crippen MR) is 83.9 cm³/mol. The number of nitrogen functional groups attached to an aromatic ring is 1. The molecule has 0 saturated heterocycles. The van der Waals surface area contributed by atoms with Crippen molar-refractivity contribution in [1.29, 1.82) is 0 Å². The smallest absolute Gasteiger partial charge is 0.146 e. The van der Waals surface area contributed by atoms with Crippen molar-refractivity contribution in [3.05, 3.63) is 17.1 Å². The number of nitrogens with two attached hydrogens (primary N) is 1. The van der Waals surface area contributed by atoms with E-state index in [1.807, 2.05) is 6.92 Å². The van der Waals surface area contributed by atoms with E-state index < -0.39 is 0 Å². The van der Waals surface area contributed by atoms with Crippen molar-refractivity contribution >= 4 is 16.9 Å². The first-order chi connectivity index (χ1) is 9.49. The van der Waals surface area contributed by atoms with E-state index in [0.29, 0.717) is 5.82 Å². The molecule has 0 saturated carbocycles. The van der Waals surface area contributed by atoms with Crippen LogP contribution in [0.15, 0.2) is 0 Å². The van der Waals surface area contributed by atoms with E-state index >= 15 is 0 Å². The first-order valence-corrected chi connectivity index (χ1v) is 7.31. The van der Waals surface area contributed by atoms with Gasteiger partial charge in [-0.3, -0.25) is 0 Å². The Hall–Kier alpha value is -1.62. The molecule has 0 aliphatic rings. The van der Waals surface area contributed by atoms with E-state index in [1.165, 1.54) is 11.3 Å². The van der Waals surface area contributed by atoms with Crippen LogP contribution in [0, 0.1) is 20.8 Å². The van der Waals surface area contributed by atoms with Gasteiger partial charge in [0.1, 0.15) is 17.3 Å². The molecule has 0 aliphatic heterocycles. The van der Waals surface area contributed by atoms with Crippen LogP contribution in [-0.4, -0.2) is 39.1 Å². The van der Waals surface area contributed by atoms with E-state index in [4.69, 9.17) is 5.73 Å². The van der Waals surface area contributed by atoms with Crippen LogP contribution in [-0.2, 0) is 6.54 Å². The highest BCUT2D eigenvalue weighted by molar-refractivity contribution is 5.91. The van der Waals surface area contributed by atoms with Crippen LogP contribution in [0.3, 0.4) is 0 Å². The fraction of sp³-hybridized carbons (Fsp3) is 0.600. The third kappa shape index (κ3) is 2.50. The van der Waals surface area contributed by atoms with Gasteiger partial charge in [0.2, 0.25) is 0 Å². The third-order valence-corrected chi connectivity index (χ3v) is 4.14. The fourth-order valence-corrected chi connectivity index (χ4v) is 2.73. The molecular weight excluding hydrogens is 250 g/mol. The van der Waals surface area contributed by atoms with Crippen molar-refractivity contribution in [2.75, 3.05) is 25.4 Å². The minimum absolute atomic E-state index is 0.592. The zero-order valence-electron chi connectivity index (χ0n) is 13.2. The highest BCUT2D eigenvalue weighted by Crippen LogP contribution is 2.27. The van der Waals surface area contributed by atoms with Gasteiger partial charge in [-0.15, -0.1) is 0 Å². The number of likely N-dealkylation sites (N-methyl/N-ethyl adjacent to an activating group) is 1. The molecule has 2 aromatic rings. The Morgan fingerprint density at radius 1 is 1.10 bits per heavy atom. The molecule has 0 aromatic carbocycles. The van der Waals surface area contributed by atoms with Crippen molar-refractivity contribution < 1.29 is 0 Å². The van der Waals surface area contributed by atoms with Crippen molar-refractivity contribution in [2.24, 2.45) is 0 Å².